The van der Waals surface area contributed by atoms with E-state index in [1.807, 2.05) is 59.5 Å². The number of carbonyl (C=O) groups excluding carboxylic acids is 3. The van der Waals surface area contributed by atoms with Crippen molar-refractivity contribution in [3.8, 4) is 11.5 Å². The molecular weight excluding hydrogens is 547 g/mol. The number of hydrogen-bond donors (Lipinski definition) is 1. The number of halogens is 1. The highest BCUT2D eigenvalue weighted by Gasteiger charge is 2.70. The number of nitrogens with zero attached hydrogens (tertiary/aromatic N) is 1. The van der Waals surface area contributed by atoms with Gasteiger partial charge in [-0.3, -0.25) is 14.4 Å². The number of ketones is 2. The van der Waals surface area contributed by atoms with E-state index in [-0.39, 0.29) is 22.8 Å². The predicted octanol–water partition coefficient (Wildman–Crippen LogP) is 5.82. The van der Waals surface area contributed by atoms with Gasteiger partial charge in [0.1, 0.15) is 17.3 Å². The fraction of sp³-hybridized carbons (Fsp3) is 0.171. The van der Waals surface area contributed by atoms with Crippen LogP contribution in [-0.2, 0) is 10.2 Å². The number of hydrogen-bond acceptors (Lipinski definition) is 6. The maximum absolute atomic E-state index is 14.9. The number of methoxy groups -OCH3 is 2. The van der Waals surface area contributed by atoms with E-state index in [4.69, 9.17) is 9.47 Å². The van der Waals surface area contributed by atoms with Crippen molar-refractivity contribution in [1.82, 2.24) is 4.90 Å². The van der Waals surface area contributed by atoms with E-state index >= 15 is 0 Å². The zero-order chi connectivity index (χ0) is 29.9. The largest absolute Gasteiger partial charge is 0.493 e. The standard InChI is InChI=1S/C35H27FN2O5/c1-42-27-16-13-22(19-28(27)43-2)31(39)29-30(32(40)21-11-14-23(36)15-12-21)38-18-17-20-7-3-4-8-24(20)33(38)35(29)25-9-5-6-10-26(25)37-34(35)41/h3-19,29-30,33H,1-2H3,(H,37,41)/t29-,30+,33-,35-/m1/s1. The van der Waals surface area contributed by atoms with Gasteiger partial charge < -0.3 is 19.7 Å². The summed E-state index contributed by atoms with van der Waals surface area (Å²) >= 11 is 0. The number of para-hydroxylation sites is 1. The van der Waals surface area contributed by atoms with Crippen LogP contribution in [0.4, 0.5) is 10.1 Å². The number of Topliss-reactive ketones (excluding diaryl/α,β-unsaturated/α-hetero) is 2. The van der Waals surface area contributed by atoms with Crippen LogP contribution >= 0.6 is 0 Å². The summed E-state index contributed by atoms with van der Waals surface area (Å²) in [6.07, 6.45) is 3.70. The molecule has 1 N–H and O–H groups in total. The molecule has 3 aliphatic heterocycles. The third kappa shape index (κ3) is 3.75. The SMILES string of the molecule is COc1ccc(C(=O)[C@H]2[C@@H](C(=O)c3ccc(F)cc3)N3C=Cc4ccccc4[C@@H]3[C@]23C(=O)Nc2ccccc23)cc1OC. The van der Waals surface area contributed by atoms with E-state index in [0.717, 1.165) is 11.1 Å². The highest BCUT2D eigenvalue weighted by molar-refractivity contribution is 6.16. The Kier molecular flexibility index (Phi) is 6.16. The minimum absolute atomic E-state index is 0.242. The molecule has 4 atom stereocenters. The first-order valence-electron chi connectivity index (χ1n) is 13.9. The number of carbonyl (C=O) groups is 3. The highest BCUT2D eigenvalue weighted by atomic mass is 19.1. The van der Waals surface area contributed by atoms with E-state index in [1.165, 1.54) is 38.5 Å². The van der Waals surface area contributed by atoms with Crippen molar-refractivity contribution >= 4 is 29.2 Å². The van der Waals surface area contributed by atoms with E-state index in [0.29, 0.717) is 22.7 Å². The first kappa shape index (κ1) is 26.6. The Hall–Kier alpha value is -5.24. The molecule has 0 aromatic heterocycles. The predicted molar refractivity (Wildman–Crippen MR) is 159 cm³/mol. The molecule has 3 heterocycles. The van der Waals surface area contributed by atoms with Gasteiger partial charge in [0.05, 0.1) is 26.2 Å². The Morgan fingerprint density at radius 1 is 0.837 bits per heavy atom. The maximum atomic E-state index is 14.9. The van der Waals surface area contributed by atoms with Crippen LogP contribution in [0.1, 0.15) is 43.4 Å². The number of rotatable bonds is 6. The summed E-state index contributed by atoms with van der Waals surface area (Å²) in [7, 11) is 2.98. The van der Waals surface area contributed by atoms with Crippen LogP contribution in [0.25, 0.3) is 6.08 Å². The number of fused-ring (bicyclic) bond motifs is 6. The average molecular weight is 575 g/mol. The topological polar surface area (TPSA) is 84.9 Å². The summed E-state index contributed by atoms with van der Waals surface area (Å²) in [6.45, 7) is 0. The summed E-state index contributed by atoms with van der Waals surface area (Å²) in [5, 5.41) is 3.03. The molecule has 1 saturated heterocycles. The van der Waals surface area contributed by atoms with E-state index in [2.05, 4.69) is 5.32 Å². The number of nitrogens with one attached hydrogen (secondary N) is 1. The second-order valence-electron chi connectivity index (χ2n) is 10.9. The highest BCUT2D eigenvalue weighted by Crippen LogP contribution is 2.62. The van der Waals surface area contributed by atoms with Gasteiger partial charge in [0.15, 0.2) is 23.1 Å². The van der Waals surface area contributed by atoms with Gasteiger partial charge in [0.25, 0.3) is 0 Å². The van der Waals surface area contributed by atoms with Crippen molar-refractivity contribution in [1.29, 1.82) is 0 Å². The van der Waals surface area contributed by atoms with Gasteiger partial charge in [-0.05, 0) is 71.3 Å². The lowest BCUT2D eigenvalue weighted by atomic mass is 9.62. The van der Waals surface area contributed by atoms with Crippen molar-refractivity contribution in [3.63, 3.8) is 0 Å². The van der Waals surface area contributed by atoms with Crippen LogP contribution < -0.4 is 14.8 Å². The van der Waals surface area contributed by atoms with Crippen molar-refractivity contribution < 1.29 is 28.2 Å². The number of benzene rings is 4. The number of anilines is 1. The van der Waals surface area contributed by atoms with Crippen molar-refractivity contribution in [2.75, 3.05) is 19.5 Å². The van der Waals surface area contributed by atoms with Gasteiger partial charge in [-0.15, -0.1) is 0 Å². The van der Waals surface area contributed by atoms with Gasteiger partial charge in [-0.2, -0.15) is 0 Å². The quantitative estimate of drug-likeness (QED) is 0.292. The Bertz CT molecular complexity index is 1830. The van der Waals surface area contributed by atoms with E-state index in [9.17, 15) is 18.8 Å². The van der Waals surface area contributed by atoms with Crippen LogP contribution in [0.3, 0.4) is 0 Å². The lowest BCUT2D eigenvalue weighted by molar-refractivity contribution is -0.122. The molecule has 7 rings (SSSR count). The molecule has 8 heteroatoms. The monoisotopic (exact) mass is 574 g/mol. The molecule has 4 aromatic rings. The van der Waals surface area contributed by atoms with Gasteiger partial charge in [0, 0.05) is 23.0 Å². The van der Waals surface area contributed by atoms with Crippen LogP contribution in [-0.4, -0.2) is 42.6 Å². The molecule has 4 aromatic carbocycles. The average Bonchev–Trinajstić information content (AvgIpc) is 3.52. The Morgan fingerprint density at radius 2 is 1.53 bits per heavy atom. The van der Waals surface area contributed by atoms with E-state index < -0.39 is 35.0 Å². The molecule has 1 spiro atoms. The lowest BCUT2D eigenvalue weighted by Crippen LogP contribution is -2.49. The molecule has 0 bridgehead atoms. The third-order valence-electron chi connectivity index (χ3n) is 8.92. The smallest absolute Gasteiger partial charge is 0.238 e. The molecular formula is C35H27FN2O5. The molecule has 7 nitrogen and oxygen atoms in total. The van der Waals surface area contributed by atoms with Gasteiger partial charge in [0.2, 0.25) is 5.91 Å². The summed E-state index contributed by atoms with van der Waals surface area (Å²) in [4.78, 5) is 45.8. The molecule has 0 aliphatic carbocycles. The molecule has 0 unspecified atom stereocenters. The summed E-state index contributed by atoms with van der Waals surface area (Å²) < 4.78 is 24.8. The van der Waals surface area contributed by atoms with Crippen LogP contribution in [0.2, 0.25) is 0 Å². The van der Waals surface area contributed by atoms with Gasteiger partial charge >= 0.3 is 0 Å². The third-order valence-corrected chi connectivity index (χ3v) is 8.92. The maximum Gasteiger partial charge on any atom is 0.238 e. The van der Waals surface area contributed by atoms with Crippen molar-refractivity contribution in [3.05, 3.63) is 131 Å². The molecule has 1 fully saturated rings. The number of ether oxygens (including phenoxy) is 2. The van der Waals surface area contributed by atoms with E-state index in [1.54, 1.807) is 24.4 Å². The summed E-state index contributed by atoms with van der Waals surface area (Å²) in [5.74, 6) is -1.99. The summed E-state index contributed by atoms with van der Waals surface area (Å²) in [5.41, 5.74) is 2.01. The molecule has 3 aliphatic rings. The Labute approximate surface area is 247 Å². The van der Waals surface area contributed by atoms with Crippen molar-refractivity contribution in [2.24, 2.45) is 5.92 Å². The first-order chi connectivity index (χ1) is 20.9. The van der Waals surface area contributed by atoms with Crippen LogP contribution in [0, 0.1) is 11.7 Å². The zero-order valence-corrected chi connectivity index (χ0v) is 23.4. The Morgan fingerprint density at radius 3 is 2.30 bits per heavy atom. The lowest BCUT2D eigenvalue weighted by Gasteiger charge is -2.38. The second kappa shape index (κ2) is 9.94. The fourth-order valence-electron chi connectivity index (χ4n) is 7.12. The fourth-order valence-corrected chi connectivity index (χ4v) is 7.12. The van der Waals surface area contributed by atoms with Gasteiger partial charge in [-0.1, -0.05) is 42.5 Å². The molecule has 0 radical (unpaired) electrons. The van der Waals surface area contributed by atoms with Gasteiger partial charge in [-0.25, -0.2) is 4.39 Å². The Balaban J connectivity index is 1.52. The van der Waals surface area contributed by atoms with Crippen LogP contribution in [0.5, 0.6) is 11.5 Å². The summed E-state index contributed by atoms with van der Waals surface area (Å²) in [6, 6.07) is 23.4. The van der Waals surface area contributed by atoms with Crippen LogP contribution in [0.15, 0.2) is 97.2 Å². The zero-order valence-electron chi connectivity index (χ0n) is 23.4. The molecule has 0 saturated carbocycles. The normalized spacial score (nSPS) is 22.9. The minimum atomic E-state index is -1.47. The van der Waals surface area contributed by atoms with Crippen molar-refractivity contribution in [2.45, 2.75) is 17.5 Å². The minimum Gasteiger partial charge on any atom is -0.493 e. The molecule has 43 heavy (non-hydrogen) atoms. The second-order valence-corrected chi connectivity index (χ2v) is 10.9. The molecule has 1 amide bonds. The molecule has 214 valence electrons. The first-order valence-corrected chi connectivity index (χ1v) is 13.9. The number of amides is 1.